The summed E-state index contributed by atoms with van der Waals surface area (Å²) in [4.78, 5) is 27.4. The number of carbonyl (C=O) groups excluding carboxylic acids is 2. The van der Waals surface area contributed by atoms with Crippen molar-refractivity contribution >= 4 is 74.0 Å². The fourth-order valence-corrected chi connectivity index (χ4v) is 4.56. The summed E-state index contributed by atoms with van der Waals surface area (Å²) in [5.74, 6) is -0.595. The zero-order valence-corrected chi connectivity index (χ0v) is 15.8. The van der Waals surface area contributed by atoms with Crippen molar-refractivity contribution in [2.45, 2.75) is 13.3 Å². The Bertz CT molecular complexity index is 813. The van der Waals surface area contributed by atoms with Crippen LogP contribution in [-0.2, 0) is 16.0 Å². The minimum Gasteiger partial charge on any atom is -0.299 e. The monoisotopic (exact) mass is 396 g/mol. The molecular weight excluding hydrogens is 384 g/mol. The molecule has 6 nitrogen and oxygen atoms in total. The van der Waals surface area contributed by atoms with Crippen LogP contribution in [-0.4, -0.2) is 37.8 Å². The number of nitrogens with zero attached hydrogens (tertiary/aromatic N) is 3. The predicted octanol–water partition coefficient (Wildman–Crippen LogP) is 3.00. The summed E-state index contributed by atoms with van der Waals surface area (Å²) in [6.45, 7) is 1.83. The van der Waals surface area contributed by atoms with Gasteiger partial charge in [0.2, 0.25) is 11.0 Å². The van der Waals surface area contributed by atoms with Crippen LogP contribution in [0.25, 0.3) is 6.08 Å². The maximum absolute atomic E-state index is 12.4. The summed E-state index contributed by atoms with van der Waals surface area (Å²) in [6.07, 6.45) is 2.55. The van der Waals surface area contributed by atoms with Gasteiger partial charge in [-0.1, -0.05) is 48.3 Å². The molecule has 0 aromatic carbocycles. The second-order valence-electron chi connectivity index (χ2n) is 4.69. The van der Waals surface area contributed by atoms with E-state index >= 15 is 0 Å². The van der Waals surface area contributed by atoms with Crippen LogP contribution in [0.4, 0.5) is 5.13 Å². The number of carbonyl (C=O) groups is 2. The van der Waals surface area contributed by atoms with Gasteiger partial charge in [-0.15, -0.1) is 21.5 Å². The van der Waals surface area contributed by atoms with E-state index in [1.54, 1.807) is 6.08 Å². The zero-order valence-electron chi connectivity index (χ0n) is 12.5. The number of hydrogen-bond donors (Lipinski definition) is 1. The first-order valence-corrected chi connectivity index (χ1v) is 9.90. The normalized spacial score (nSPS) is 16.2. The molecule has 0 atom stereocenters. The van der Waals surface area contributed by atoms with Crippen LogP contribution < -0.4 is 5.32 Å². The highest BCUT2D eigenvalue weighted by Gasteiger charge is 2.33. The third-order valence-corrected chi connectivity index (χ3v) is 6.19. The number of nitrogens with one attached hydrogen (secondary N) is 1. The number of aryl methyl sites for hydroxylation is 1. The maximum Gasteiger partial charge on any atom is 0.266 e. The lowest BCUT2D eigenvalue weighted by molar-refractivity contribution is -0.126. The molecule has 3 rings (SSSR count). The van der Waals surface area contributed by atoms with Crippen molar-refractivity contribution in [3.05, 3.63) is 32.3 Å². The molecular formula is C14H12N4O2S4. The van der Waals surface area contributed by atoms with Gasteiger partial charge in [-0.2, -0.15) is 0 Å². The van der Waals surface area contributed by atoms with E-state index in [1.165, 1.54) is 39.3 Å². The average molecular weight is 397 g/mol. The Hall–Kier alpha value is -1.62. The van der Waals surface area contributed by atoms with Crippen LogP contribution in [0.1, 0.15) is 16.8 Å². The molecule has 0 aliphatic carbocycles. The predicted molar refractivity (Wildman–Crippen MR) is 102 cm³/mol. The number of thioether (sulfide) groups is 1. The lowest BCUT2D eigenvalue weighted by Gasteiger charge is -2.13. The summed E-state index contributed by atoms with van der Waals surface area (Å²) in [5, 5.41) is 13.7. The Balaban J connectivity index is 1.65. The van der Waals surface area contributed by atoms with Crippen LogP contribution in [0.3, 0.4) is 0 Å². The van der Waals surface area contributed by atoms with Gasteiger partial charge >= 0.3 is 0 Å². The molecule has 1 aliphatic rings. The first-order chi connectivity index (χ1) is 11.6. The first-order valence-electron chi connectivity index (χ1n) is 6.98. The van der Waals surface area contributed by atoms with Gasteiger partial charge in [-0.25, -0.2) is 0 Å². The largest absolute Gasteiger partial charge is 0.299 e. The van der Waals surface area contributed by atoms with Crippen molar-refractivity contribution < 1.29 is 9.59 Å². The molecule has 124 valence electrons. The first kappa shape index (κ1) is 17.2. The highest BCUT2D eigenvalue weighted by molar-refractivity contribution is 8.26. The Kier molecular flexibility index (Phi) is 5.39. The van der Waals surface area contributed by atoms with Crippen LogP contribution >= 0.6 is 46.7 Å². The van der Waals surface area contributed by atoms with Gasteiger partial charge in [0.1, 0.15) is 15.9 Å². The van der Waals surface area contributed by atoms with Crippen LogP contribution in [0.15, 0.2) is 22.4 Å². The van der Waals surface area contributed by atoms with Gasteiger partial charge < -0.3 is 0 Å². The number of aromatic nitrogens is 2. The second-order valence-corrected chi connectivity index (χ2v) is 8.40. The number of rotatable bonds is 5. The molecule has 2 aromatic rings. The number of hydrogen-bond acceptors (Lipinski definition) is 8. The minimum absolute atomic E-state index is 0.131. The quantitative estimate of drug-likeness (QED) is 0.619. The van der Waals surface area contributed by atoms with E-state index in [0.717, 1.165) is 16.3 Å². The van der Waals surface area contributed by atoms with Crippen LogP contribution in [0, 0.1) is 0 Å². The number of amides is 2. The number of anilines is 1. The van der Waals surface area contributed by atoms with E-state index in [0.29, 0.717) is 14.4 Å². The lowest BCUT2D eigenvalue weighted by atomic mass is 10.3. The van der Waals surface area contributed by atoms with Gasteiger partial charge in [0.15, 0.2) is 0 Å². The van der Waals surface area contributed by atoms with E-state index in [-0.39, 0.29) is 18.4 Å². The van der Waals surface area contributed by atoms with Gasteiger partial charge in [-0.05, 0) is 23.9 Å². The molecule has 0 spiro atoms. The Labute approximate surface area is 156 Å². The average Bonchev–Trinajstić information content (AvgIpc) is 3.27. The van der Waals surface area contributed by atoms with E-state index in [4.69, 9.17) is 12.2 Å². The van der Waals surface area contributed by atoms with Gasteiger partial charge in [0.25, 0.3) is 5.91 Å². The second kappa shape index (κ2) is 7.51. The third-order valence-electron chi connectivity index (χ3n) is 3.01. The number of thiophene rings is 1. The molecule has 0 bridgehead atoms. The molecule has 0 radical (unpaired) electrons. The summed E-state index contributed by atoms with van der Waals surface area (Å²) in [6, 6.07) is 3.84. The molecule has 2 amide bonds. The molecule has 1 fully saturated rings. The van der Waals surface area contributed by atoms with Crippen molar-refractivity contribution in [3.8, 4) is 0 Å². The molecule has 0 unspecified atom stereocenters. The Morgan fingerprint density at radius 3 is 2.96 bits per heavy atom. The fraction of sp³-hybridized carbons (Fsp3) is 0.214. The van der Waals surface area contributed by atoms with E-state index in [9.17, 15) is 9.59 Å². The highest BCUT2D eigenvalue weighted by atomic mass is 32.2. The van der Waals surface area contributed by atoms with Gasteiger partial charge in [0.05, 0.1) is 4.91 Å². The SMILES string of the molecule is CCc1nnc(NC(=O)CN2C(=O)C(=Cc3cccs3)SC2=S)s1. The summed E-state index contributed by atoms with van der Waals surface area (Å²) in [7, 11) is 0. The molecule has 1 N–H and O–H groups in total. The van der Waals surface area contributed by atoms with E-state index in [1.807, 2.05) is 24.4 Å². The smallest absolute Gasteiger partial charge is 0.266 e. The summed E-state index contributed by atoms with van der Waals surface area (Å²) >= 11 is 9.28. The molecule has 0 saturated carbocycles. The van der Waals surface area contributed by atoms with Crippen LogP contribution in [0.5, 0.6) is 0 Å². The molecule has 24 heavy (non-hydrogen) atoms. The maximum atomic E-state index is 12.4. The lowest BCUT2D eigenvalue weighted by Crippen LogP contribution is -2.36. The highest BCUT2D eigenvalue weighted by Crippen LogP contribution is 2.33. The Morgan fingerprint density at radius 2 is 2.29 bits per heavy atom. The zero-order chi connectivity index (χ0) is 17.1. The topological polar surface area (TPSA) is 75.2 Å². The van der Waals surface area contributed by atoms with Crippen molar-refractivity contribution in [1.82, 2.24) is 15.1 Å². The summed E-state index contributed by atoms with van der Waals surface area (Å²) in [5.41, 5.74) is 0. The van der Waals surface area contributed by atoms with Crippen LogP contribution in [0.2, 0.25) is 0 Å². The standard InChI is InChI=1S/C14H12N4O2S4/c1-2-11-16-17-13(24-11)15-10(19)7-18-12(20)9(23-14(18)21)6-8-4-3-5-22-8/h3-6H,2,7H2,1H3,(H,15,17,19). The minimum atomic E-state index is -0.345. The molecule has 1 saturated heterocycles. The number of thiocarbonyl (C=S) groups is 1. The van der Waals surface area contributed by atoms with Crippen molar-refractivity contribution in [2.75, 3.05) is 11.9 Å². The molecule has 1 aliphatic heterocycles. The van der Waals surface area contributed by atoms with Crippen molar-refractivity contribution in [1.29, 1.82) is 0 Å². The van der Waals surface area contributed by atoms with Crippen molar-refractivity contribution in [3.63, 3.8) is 0 Å². The Morgan fingerprint density at radius 1 is 1.46 bits per heavy atom. The van der Waals surface area contributed by atoms with Crippen molar-refractivity contribution in [2.24, 2.45) is 0 Å². The third kappa shape index (κ3) is 3.89. The summed E-state index contributed by atoms with van der Waals surface area (Å²) < 4.78 is 0.379. The molecule has 10 heteroatoms. The van der Waals surface area contributed by atoms with E-state index < -0.39 is 0 Å². The van der Waals surface area contributed by atoms with Gasteiger partial charge in [-0.3, -0.25) is 19.8 Å². The van der Waals surface area contributed by atoms with Gasteiger partial charge in [0, 0.05) is 4.88 Å². The molecule has 3 heterocycles. The van der Waals surface area contributed by atoms with E-state index in [2.05, 4.69) is 15.5 Å². The fourth-order valence-electron chi connectivity index (χ4n) is 1.89. The molecule has 2 aromatic heterocycles.